The van der Waals surface area contributed by atoms with E-state index in [1.165, 1.54) is 5.69 Å². The summed E-state index contributed by atoms with van der Waals surface area (Å²) in [5.74, 6) is 0.641. The van der Waals surface area contributed by atoms with Crippen LogP contribution in [0, 0.1) is 5.92 Å². The maximum Gasteiger partial charge on any atom is 0.0897 e. The minimum Gasteiger partial charge on any atom is -0.356 e. The standard InChI is InChI=1S/C11H13ClN2/c1-7(2)5-8-6-10-11(14-8)9(12)3-4-13-10/h3-4,6-7,14H,5H2,1-2H3. The molecule has 1 N–H and O–H groups in total. The van der Waals surface area contributed by atoms with Gasteiger partial charge in [0.15, 0.2) is 0 Å². The van der Waals surface area contributed by atoms with E-state index in [9.17, 15) is 0 Å². The highest BCUT2D eigenvalue weighted by Gasteiger charge is 2.05. The van der Waals surface area contributed by atoms with Crippen molar-refractivity contribution in [2.24, 2.45) is 5.92 Å². The summed E-state index contributed by atoms with van der Waals surface area (Å²) >= 11 is 6.04. The summed E-state index contributed by atoms with van der Waals surface area (Å²) in [4.78, 5) is 7.56. The Balaban J connectivity index is 2.46. The number of halogens is 1. The minimum absolute atomic E-state index is 0.641. The fourth-order valence-electron chi connectivity index (χ4n) is 1.60. The number of nitrogens with zero attached hydrogens (tertiary/aromatic N) is 1. The van der Waals surface area contributed by atoms with Gasteiger partial charge in [0.05, 0.1) is 16.1 Å². The average Bonchev–Trinajstić information content (AvgIpc) is 2.47. The molecule has 2 aromatic heterocycles. The first-order valence-corrected chi connectivity index (χ1v) is 5.16. The first-order chi connectivity index (χ1) is 6.66. The smallest absolute Gasteiger partial charge is 0.0897 e. The fraction of sp³-hybridized carbons (Fsp3) is 0.364. The van der Waals surface area contributed by atoms with E-state index >= 15 is 0 Å². The zero-order valence-corrected chi connectivity index (χ0v) is 9.10. The van der Waals surface area contributed by atoms with Gasteiger partial charge in [-0.05, 0) is 24.5 Å². The summed E-state index contributed by atoms with van der Waals surface area (Å²) in [6, 6.07) is 3.88. The molecule has 2 heterocycles. The largest absolute Gasteiger partial charge is 0.356 e. The van der Waals surface area contributed by atoms with Crippen LogP contribution >= 0.6 is 11.6 Å². The van der Waals surface area contributed by atoms with Crippen LogP contribution in [0.1, 0.15) is 19.5 Å². The van der Waals surface area contributed by atoms with Crippen LogP contribution in [0.4, 0.5) is 0 Å². The number of nitrogens with one attached hydrogen (secondary N) is 1. The van der Waals surface area contributed by atoms with Crippen molar-refractivity contribution in [3.05, 3.63) is 29.0 Å². The van der Waals surface area contributed by atoms with Crippen LogP contribution < -0.4 is 0 Å². The number of rotatable bonds is 2. The van der Waals surface area contributed by atoms with Crippen molar-refractivity contribution in [3.8, 4) is 0 Å². The van der Waals surface area contributed by atoms with Crippen LogP contribution in [-0.4, -0.2) is 9.97 Å². The van der Waals surface area contributed by atoms with Crippen LogP contribution in [0.2, 0.25) is 5.02 Å². The highest BCUT2D eigenvalue weighted by atomic mass is 35.5. The molecule has 0 aromatic carbocycles. The van der Waals surface area contributed by atoms with Gasteiger partial charge in [0.1, 0.15) is 0 Å². The zero-order valence-electron chi connectivity index (χ0n) is 8.34. The van der Waals surface area contributed by atoms with Gasteiger partial charge >= 0.3 is 0 Å². The van der Waals surface area contributed by atoms with E-state index in [-0.39, 0.29) is 0 Å². The van der Waals surface area contributed by atoms with Crippen molar-refractivity contribution < 1.29 is 0 Å². The molecule has 0 radical (unpaired) electrons. The van der Waals surface area contributed by atoms with E-state index in [4.69, 9.17) is 11.6 Å². The van der Waals surface area contributed by atoms with Gasteiger partial charge < -0.3 is 4.98 Å². The lowest BCUT2D eigenvalue weighted by Gasteiger charge is -1.99. The second kappa shape index (κ2) is 3.62. The third-order valence-corrected chi connectivity index (χ3v) is 2.47. The van der Waals surface area contributed by atoms with E-state index < -0.39 is 0 Å². The van der Waals surface area contributed by atoms with Crippen LogP contribution in [0.25, 0.3) is 11.0 Å². The van der Waals surface area contributed by atoms with Crippen LogP contribution in [0.5, 0.6) is 0 Å². The van der Waals surface area contributed by atoms with Gasteiger partial charge in [-0.2, -0.15) is 0 Å². The first-order valence-electron chi connectivity index (χ1n) is 4.79. The van der Waals surface area contributed by atoms with E-state index in [0.29, 0.717) is 5.92 Å². The summed E-state index contributed by atoms with van der Waals surface area (Å²) in [5.41, 5.74) is 3.11. The molecule has 2 rings (SSSR count). The maximum absolute atomic E-state index is 6.04. The van der Waals surface area contributed by atoms with Crippen molar-refractivity contribution >= 4 is 22.6 Å². The molecule has 14 heavy (non-hydrogen) atoms. The molecule has 0 aliphatic carbocycles. The summed E-state index contributed by atoms with van der Waals surface area (Å²) < 4.78 is 0. The summed E-state index contributed by atoms with van der Waals surface area (Å²) in [5, 5.41) is 0.741. The van der Waals surface area contributed by atoms with Crippen LogP contribution in [0.3, 0.4) is 0 Å². The van der Waals surface area contributed by atoms with E-state index in [1.807, 2.05) is 0 Å². The van der Waals surface area contributed by atoms with Gasteiger partial charge in [-0.25, -0.2) is 0 Å². The Kier molecular flexibility index (Phi) is 2.46. The summed E-state index contributed by atoms with van der Waals surface area (Å²) in [6.07, 6.45) is 2.77. The lowest BCUT2D eigenvalue weighted by Crippen LogP contribution is -1.93. The fourth-order valence-corrected chi connectivity index (χ4v) is 1.80. The SMILES string of the molecule is CC(C)Cc1cc2nccc(Cl)c2[nH]1. The zero-order chi connectivity index (χ0) is 10.1. The molecule has 0 saturated heterocycles. The molecular weight excluding hydrogens is 196 g/mol. The molecule has 0 aliphatic heterocycles. The van der Waals surface area contributed by atoms with Crippen molar-refractivity contribution in [2.75, 3.05) is 0 Å². The number of hydrogen-bond acceptors (Lipinski definition) is 1. The predicted molar refractivity (Wildman–Crippen MR) is 59.6 cm³/mol. The van der Waals surface area contributed by atoms with Crippen LogP contribution in [0.15, 0.2) is 18.3 Å². The quantitative estimate of drug-likeness (QED) is 0.805. The Labute approximate surface area is 88.3 Å². The number of pyridine rings is 1. The molecule has 0 bridgehead atoms. The van der Waals surface area contributed by atoms with E-state index in [1.54, 1.807) is 12.3 Å². The highest BCUT2D eigenvalue weighted by Crippen LogP contribution is 2.22. The first kappa shape index (κ1) is 9.53. The number of aromatic nitrogens is 2. The Hall–Kier alpha value is -1.02. The van der Waals surface area contributed by atoms with Gasteiger partial charge in [-0.3, -0.25) is 4.98 Å². The molecular formula is C11H13ClN2. The third kappa shape index (κ3) is 1.75. The third-order valence-electron chi connectivity index (χ3n) is 2.15. The lowest BCUT2D eigenvalue weighted by molar-refractivity contribution is 0.638. The Morgan fingerprint density at radius 1 is 1.50 bits per heavy atom. The lowest BCUT2D eigenvalue weighted by atomic mass is 10.1. The Bertz CT molecular complexity index is 445. The molecule has 0 unspecified atom stereocenters. The number of hydrogen-bond donors (Lipinski definition) is 1. The minimum atomic E-state index is 0.641. The number of H-pyrrole nitrogens is 1. The molecule has 0 aliphatic rings. The molecule has 2 nitrogen and oxygen atoms in total. The predicted octanol–water partition coefficient (Wildman–Crippen LogP) is 3.41. The average molecular weight is 209 g/mol. The second-order valence-electron chi connectivity index (χ2n) is 3.95. The van der Waals surface area contributed by atoms with Gasteiger partial charge in [-0.15, -0.1) is 0 Å². The Morgan fingerprint density at radius 3 is 2.93 bits per heavy atom. The van der Waals surface area contributed by atoms with E-state index in [0.717, 1.165) is 22.5 Å². The summed E-state index contributed by atoms with van der Waals surface area (Å²) in [6.45, 7) is 4.39. The monoisotopic (exact) mass is 208 g/mol. The van der Waals surface area contributed by atoms with Gasteiger partial charge in [0, 0.05) is 11.9 Å². The molecule has 0 saturated carbocycles. The Morgan fingerprint density at radius 2 is 2.29 bits per heavy atom. The molecule has 3 heteroatoms. The second-order valence-corrected chi connectivity index (χ2v) is 4.35. The number of aromatic amines is 1. The van der Waals surface area contributed by atoms with Crippen molar-refractivity contribution in [1.82, 2.24) is 9.97 Å². The van der Waals surface area contributed by atoms with Crippen molar-refractivity contribution in [2.45, 2.75) is 20.3 Å². The normalized spacial score (nSPS) is 11.4. The highest BCUT2D eigenvalue weighted by molar-refractivity contribution is 6.34. The molecule has 0 fully saturated rings. The molecule has 74 valence electrons. The number of fused-ring (bicyclic) bond motifs is 1. The maximum atomic E-state index is 6.04. The van der Waals surface area contributed by atoms with E-state index in [2.05, 4.69) is 29.9 Å². The van der Waals surface area contributed by atoms with Crippen molar-refractivity contribution in [1.29, 1.82) is 0 Å². The molecule has 0 atom stereocenters. The van der Waals surface area contributed by atoms with Crippen LogP contribution in [-0.2, 0) is 6.42 Å². The van der Waals surface area contributed by atoms with Gasteiger partial charge in [-0.1, -0.05) is 25.4 Å². The molecule has 0 amide bonds. The molecule has 0 spiro atoms. The molecule has 2 aromatic rings. The van der Waals surface area contributed by atoms with Crippen molar-refractivity contribution in [3.63, 3.8) is 0 Å². The summed E-state index contributed by atoms with van der Waals surface area (Å²) in [7, 11) is 0. The van der Waals surface area contributed by atoms with Gasteiger partial charge in [0.25, 0.3) is 0 Å². The topological polar surface area (TPSA) is 28.7 Å². The van der Waals surface area contributed by atoms with Gasteiger partial charge in [0.2, 0.25) is 0 Å².